The van der Waals surface area contributed by atoms with E-state index in [0.29, 0.717) is 46.9 Å². The Kier molecular flexibility index (Phi) is 7.06. The predicted molar refractivity (Wildman–Crippen MR) is 119 cm³/mol. The number of ether oxygens (including phenoxy) is 1. The van der Waals surface area contributed by atoms with Crippen LogP contribution in [0.25, 0.3) is 0 Å². The van der Waals surface area contributed by atoms with E-state index in [1.165, 1.54) is 17.5 Å². The van der Waals surface area contributed by atoms with Crippen LogP contribution in [0.15, 0.2) is 47.4 Å². The highest BCUT2D eigenvalue weighted by molar-refractivity contribution is 7.89. The monoisotopic (exact) mass is 450 g/mol. The molecule has 1 N–H and O–H groups in total. The number of anilines is 1. The summed E-state index contributed by atoms with van der Waals surface area (Å²) in [5.74, 6) is 0.960. The minimum Gasteiger partial charge on any atom is -0.495 e. The van der Waals surface area contributed by atoms with Crippen molar-refractivity contribution in [3.8, 4) is 5.75 Å². The lowest BCUT2D eigenvalue weighted by molar-refractivity contribution is 0.101. The summed E-state index contributed by atoms with van der Waals surface area (Å²) in [6.45, 7) is 5.11. The third-order valence-corrected chi connectivity index (χ3v) is 7.29. The van der Waals surface area contributed by atoms with Crippen LogP contribution in [-0.2, 0) is 10.0 Å². The number of sulfonamides is 1. The maximum atomic E-state index is 13.1. The number of ketones is 1. The average Bonchev–Trinajstić information content (AvgIpc) is 2.71. The summed E-state index contributed by atoms with van der Waals surface area (Å²) in [5, 5.41) is 3.54. The lowest BCUT2D eigenvalue weighted by atomic mass is 9.94. The van der Waals surface area contributed by atoms with Crippen molar-refractivity contribution in [3.05, 3.63) is 53.1 Å². The van der Waals surface area contributed by atoms with Crippen LogP contribution in [0.2, 0.25) is 5.02 Å². The molecule has 1 aliphatic rings. The van der Waals surface area contributed by atoms with Gasteiger partial charge in [0, 0.05) is 23.7 Å². The van der Waals surface area contributed by atoms with Gasteiger partial charge in [-0.15, -0.1) is 0 Å². The molecular formula is C22H27ClN2O4S. The highest BCUT2D eigenvalue weighted by Gasteiger charge is 2.31. The van der Waals surface area contributed by atoms with Crippen molar-refractivity contribution in [2.24, 2.45) is 11.8 Å². The van der Waals surface area contributed by atoms with Gasteiger partial charge in [-0.25, -0.2) is 8.42 Å². The molecule has 0 aliphatic carbocycles. The van der Waals surface area contributed by atoms with Gasteiger partial charge < -0.3 is 10.1 Å². The summed E-state index contributed by atoms with van der Waals surface area (Å²) in [6.07, 6.45) is 1.02. The number of Topliss-reactive ketones (excluding diaryl/α,β-unsaturated/α-hetero) is 1. The lowest BCUT2D eigenvalue weighted by Crippen LogP contribution is -2.42. The summed E-state index contributed by atoms with van der Waals surface area (Å²) in [4.78, 5) is 12.9. The van der Waals surface area contributed by atoms with Crippen molar-refractivity contribution >= 4 is 33.1 Å². The molecule has 8 heteroatoms. The molecule has 1 fully saturated rings. The van der Waals surface area contributed by atoms with Crippen molar-refractivity contribution in [1.82, 2.24) is 4.31 Å². The highest BCUT2D eigenvalue weighted by atomic mass is 35.5. The van der Waals surface area contributed by atoms with Crippen LogP contribution in [0.5, 0.6) is 5.75 Å². The first-order valence-electron chi connectivity index (χ1n) is 9.91. The fourth-order valence-corrected chi connectivity index (χ4v) is 5.78. The van der Waals surface area contributed by atoms with Gasteiger partial charge in [0.2, 0.25) is 10.0 Å². The SMILES string of the molecule is COc1ccc(Cl)cc1NCC(=O)c1cccc(S(=O)(=O)N2CC(C)CC(C)C2)c1. The van der Waals surface area contributed by atoms with Gasteiger partial charge in [0.15, 0.2) is 5.78 Å². The lowest BCUT2D eigenvalue weighted by Gasteiger charge is -2.34. The van der Waals surface area contributed by atoms with E-state index < -0.39 is 10.0 Å². The molecule has 2 atom stereocenters. The number of carbonyl (C=O) groups is 1. The van der Waals surface area contributed by atoms with E-state index in [1.807, 2.05) is 0 Å². The number of carbonyl (C=O) groups excluding carboxylic acids is 1. The van der Waals surface area contributed by atoms with Gasteiger partial charge >= 0.3 is 0 Å². The van der Waals surface area contributed by atoms with Gasteiger partial charge in [-0.3, -0.25) is 4.79 Å². The molecule has 30 heavy (non-hydrogen) atoms. The van der Waals surface area contributed by atoms with Crippen molar-refractivity contribution < 1.29 is 17.9 Å². The third-order valence-electron chi connectivity index (χ3n) is 5.23. The molecule has 1 aliphatic heterocycles. The van der Waals surface area contributed by atoms with E-state index in [1.54, 1.807) is 36.4 Å². The summed E-state index contributed by atoms with van der Waals surface area (Å²) in [7, 11) is -2.11. The Hall–Kier alpha value is -2.09. The molecule has 162 valence electrons. The fourth-order valence-electron chi connectivity index (χ4n) is 3.88. The molecule has 2 aromatic rings. The Labute approximate surface area is 183 Å². The second-order valence-electron chi connectivity index (χ2n) is 7.92. The fraction of sp³-hybridized carbons (Fsp3) is 0.409. The second-order valence-corrected chi connectivity index (χ2v) is 10.3. The Balaban J connectivity index is 1.76. The molecule has 1 saturated heterocycles. The van der Waals surface area contributed by atoms with Crippen molar-refractivity contribution in [1.29, 1.82) is 0 Å². The van der Waals surface area contributed by atoms with Crippen LogP contribution in [-0.4, -0.2) is 45.3 Å². The summed E-state index contributed by atoms with van der Waals surface area (Å²) >= 11 is 6.02. The first-order valence-corrected chi connectivity index (χ1v) is 11.7. The molecule has 3 rings (SSSR count). The Morgan fingerprint density at radius 3 is 2.53 bits per heavy atom. The Morgan fingerprint density at radius 2 is 1.87 bits per heavy atom. The molecule has 0 radical (unpaired) electrons. The number of halogens is 1. The molecule has 0 amide bonds. The van der Waals surface area contributed by atoms with Crippen molar-refractivity contribution in [2.75, 3.05) is 32.1 Å². The van der Waals surface area contributed by atoms with Crippen molar-refractivity contribution in [3.63, 3.8) is 0 Å². The molecule has 2 aromatic carbocycles. The number of benzene rings is 2. The number of methoxy groups -OCH3 is 1. The molecule has 2 unspecified atom stereocenters. The summed E-state index contributed by atoms with van der Waals surface area (Å²) < 4.78 is 33.0. The molecule has 0 aromatic heterocycles. The van der Waals surface area contributed by atoms with Gasteiger partial charge in [-0.2, -0.15) is 4.31 Å². The van der Waals surface area contributed by atoms with Gasteiger partial charge in [0.25, 0.3) is 0 Å². The largest absolute Gasteiger partial charge is 0.495 e. The number of nitrogens with one attached hydrogen (secondary N) is 1. The van der Waals surface area contributed by atoms with Crippen molar-refractivity contribution in [2.45, 2.75) is 25.2 Å². The zero-order chi connectivity index (χ0) is 21.9. The standard InChI is InChI=1S/C22H27ClN2O4S/c1-15-9-16(2)14-25(13-15)30(27,28)19-6-4-5-17(10-19)21(26)12-24-20-11-18(23)7-8-22(20)29-3/h4-8,10-11,15-16,24H,9,12-14H2,1-3H3. The minimum absolute atomic E-state index is 0.0159. The van der Waals surface area contributed by atoms with E-state index in [2.05, 4.69) is 19.2 Å². The van der Waals surface area contributed by atoms with Gasteiger partial charge in [-0.05, 0) is 48.6 Å². The van der Waals surface area contributed by atoms with Crippen LogP contribution in [0, 0.1) is 11.8 Å². The van der Waals surface area contributed by atoms with E-state index in [-0.39, 0.29) is 17.2 Å². The summed E-state index contributed by atoms with van der Waals surface area (Å²) in [6, 6.07) is 11.3. The number of rotatable bonds is 7. The Morgan fingerprint density at radius 1 is 1.17 bits per heavy atom. The number of hydrogen-bond acceptors (Lipinski definition) is 5. The molecule has 0 bridgehead atoms. The smallest absolute Gasteiger partial charge is 0.243 e. The number of nitrogens with zero attached hydrogens (tertiary/aromatic N) is 1. The molecule has 0 spiro atoms. The number of piperidine rings is 1. The van der Waals surface area contributed by atoms with Crippen LogP contribution in [0.3, 0.4) is 0 Å². The van der Waals surface area contributed by atoms with Crippen LogP contribution < -0.4 is 10.1 Å². The predicted octanol–water partition coefficient (Wildman–Crippen LogP) is 4.31. The first kappa shape index (κ1) is 22.6. The maximum Gasteiger partial charge on any atom is 0.243 e. The highest BCUT2D eigenvalue weighted by Crippen LogP contribution is 2.29. The molecular weight excluding hydrogens is 424 g/mol. The average molecular weight is 451 g/mol. The van der Waals surface area contributed by atoms with E-state index in [9.17, 15) is 13.2 Å². The van der Waals surface area contributed by atoms with E-state index in [4.69, 9.17) is 16.3 Å². The number of hydrogen-bond donors (Lipinski definition) is 1. The molecule has 0 saturated carbocycles. The molecule has 1 heterocycles. The van der Waals surface area contributed by atoms with Gasteiger partial charge in [-0.1, -0.05) is 37.6 Å². The van der Waals surface area contributed by atoms with Gasteiger partial charge in [0.05, 0.1) is 24.2 Å². The quantitative estimate of drug-likeness (QED) is 0.636. The minimum atomic E-state index is -3.64. The second kappa shape index (κ2) is 9.37. The Bertz CT molecular complexity index is 1020. The topological polar surface area (TPSA) is 75.7 Å². The molecule has 6 nitrogen and oxygen atoms in total. The normalized spacial score (nSPS) is 20.0. The van der Waals surface area contributed by atoms with Crippen LogP contribution >= 0.6 is 11.6 Å². The van der Waals surface area contributed by atoms with E-state index >= 15 is 0 Å². The maximum absolute atomic E-state index is 13.1. The van der Waals surface area contributed by atoms with E-state index in [0.717, 1.165) is 6.42 Å². The zero-order valence-corrected chi connectivity index (χ0v) is 19.0. The third kappa shape index (κ3) is 5.14. The summed E-state index contributed by atoms with van der Waals surface area (Å²) in [5.41, 5.74) is 0.932. The van der Waals surface area contributed by atoms with Crippen LogP contribution in [0.1, 0.15) is 30.6 Å². The zero-order valence-electron chi connectivity index (χ0n) is 17.4. The van der Waals surface area contributed by atoms with Gasteiger partial charge in [0.1, 0.15) is 5.75 Å². The first-order chi connectivity index (χ1) is 14.2. The van der Waals surface area contributed by atoms with Crippen LogP contribution in [0.4, 0.5) is 5.69 Å².